The molecule has 2 unspecified atom stereocenters. The Morgan fingerprint density at radius 3 is 2.11 bits per heavy atom. The van der Waals surface area contributed by atoms with Gasteiger partial charge in [-0.05, 0) is 36.3 Å². The highest BCUT2D eigenvalue weighted by Crippen LogP contribution is 2.20. The molecule has 1 heteroatoms. The molecule has 0 amide bonds. The zero-order chi connectivity index (χ0) is 13.5. The van der Waals surface area contributed by atoms with Gasteiger partial charge < -0.3 is 5.73 Å². The largest absolute Gasteiger partial charge is 0.327 e. The highest BCUT2D eigenvalue weighted by molar-refractivity contribution is 5.20. The Morgan fingerprint density at radius 2 is 1.47 bits per heavy atom. The normalized spacial score (nSPS) is 14.0. The van der Waals surface area contributed by atoms with Crippen molar-refractivity contribution in [2.24, 2.45) is 5.73 Å². The van der Waals surface area contributed by atoms with Crippen LogP contribution in [0.5, 0.6) is 0 Å². The van der Waals surface area contributed by atoms with Crippen molar-refractivity contribution in [3.05, 3.63) is 71.8 Å². The summed E-state index contributed by atoms with van der Waals surface area (Å²) in [7, 11) is 0. The van der Waals surface area contributed by atoms with Crippen LogP contribution in [-0.2, 0) is 6.42 Å². The molecule has 2 aromatic carbocycles. The second-order valence-electron chi connectivity index (χ2n) is 5.24. The standard InChI is InChI=1S/C18H23N/c1-15(17-12-6-3-7-13-17)18(19)14-8-11-16-9-4-2-5-10-16/h2-7,9-10,12-13,15,18H,8,11,14,19H2,1H3. The molecule has 2 aromatic rings. The topological polar surface area (TPSA) is 26.0 Å². The quantitative estimate of drug-likeness (QED) is 0.822. The summed E-state index contributed by atoms with van der Waals surface area (Å²) >= 11 is 0. The lowest BCUT2D eigenvalue weighted by atomic mass is 9.90. The van der Waals surface area contributed by atoms with Gasteiger partial charge in [0, 0.05) is 6.04 Å². The molecule has 0 heterocycles. The van der Waals surface area contributed by atoms with Gasteiger partial charge >= 0.3 is 0 Å². The Bertz CT molecular complexity index is 464. The molecule has 2 atom stereocenters. The first-order chi connectivity index (χ1) is 9.27. The van der Waals surface area contributed by atoms with Crippen LogP contribution < -0.4 is 5.73 Å². The number of nitrogens with two attached hydrogens (primary N) is 1. The van der Waals surface area contributed by atoms with E-state index in [-0.39, 0.29) is 6.04 Å². The van der Waals surface area contributed by atoms with Gasteiger partial charge in [-0.15, -0.1) is 0 Å². The lowest BCUT2D eigenvalue weighted by Gasteiger charge is -2.20. The van der Waals surface area contributed by atoms with E-state index in [0.717, 1.165) is 19.3 Å². The zero-order valence-electron chi connectivity index (χ0n) is 11.6. The van der Waals surface area contributed by atoms with E-state index in [1.165, 1.54) is 11.1 Å². The summed E-state index contributed by atoms with van der Waals surface area (Å²) in [6.07, 6.45) is 3.35. The Balaban J connectivity index is 1.80. The van der Waals surface area contributed by atoms with Gasteiger partial charge in [0.05, 0.1) is 0 Å². The van der Waals surface area contributed by atoms with Crippen LogP contribution in [0.2, 0.25) is 0 Å². The minimum Gasteiger partial charge on any atom is -0.327 e. The summed E-state index contributed by atoms with van der Waals surface area (Å²) in [6, 6.07) is 21.4. The van der Waals surface area contributed by atoms with E-state index < -0.39 is 0 Å². The van der Waals surface area contributed by atoms with E-state index in [9.17, 15) is 0 Å². The van der Waals surface area contributed by atoms with Crippen molar-refractivity contribution in [2.45, 2.75) is 38.1 Å². The highest BCUT2D eigenvalue weighted by Gasteiger charge is 2.13. The van der Waals surface area contributed by atoms with Gasteiger partial charge in [0.25, 0.3) is 0 Å². The Hall–Kier alpha value is -1.60. The summed E-state index contributed by atoms with van der Waals surface area (Å²) in [6.45, 7) is 2.22. The first-order valence-corrected chi connectivity index (χ1v) is 7.12. The van der Waals surface area contributed by atoms with Gasteiger partial charge in [0.1, 0.15) is 0 Å². The second kappa shape index (κ2) is 7.10. The van der Waals surface area contributed by atoms with Crippen LogP contribution in [0.15, 0.2) is 60.7 Å². The van der Waals surface area contributed by atoms with E-state index in [0.29, 0.717) is 5.92 Å². The monoisotopic (exact) mass is 253 g/mol. The van der Waals surface area contributed by atoms with Crippen LogP contribution in [0.3, 0.4) is 0 Å². The average Bonchev–Trinajstić information content (AvgIpc) is 2.48. The fraction of sp³-hybridized carbons (Fsp3) is 0.333. The third kappa shape index (κ3) is 4.22. The molecule has 2 N–H and O–H groups in total. The van der Waals surface area contributed by atoms with Crippen molar-refractivity contribution >= 4 is 0 Å². The first kappa shape index (κ1) is 13.8. The van der Waals surface area contributed by atoms with E-state index in [1.54, 1.807) is 0 Å². The predicted octanol–water partition coefficient (Wildman–Crippen LogP) is 4.14. The van der Waals surface area contributed by atoms with E-state index in [4.69, 9.17) is 5.73 Å². The molecule has 0 radical (unpaired) electrons. The van der Waals surface area contributed by atoms with Gasteiger partial charge in [-0.1, -0.05) is 67.6 Å². The number of hydrogen-bond donors (Lipinski definition) is 1. The molecular formula is C18H23N. The molecule has 0 aliphatic carbocycles. The molecule has 0 aliphatic rings. The Labute approximate surface area is 116 Å². The van der Waals surface area contributed by atoms with Crippen LogP contribution in [0.25, 0.3) is 0 Å². The third-order valence-electron chi connectivity index (χ3n) is 3.81. The number of rotatable bonds is 6. The highest BCUT2D eigenvalue weighted by atomic mass is 14.6. The summed E-state index contributed by atoms with van der Waals surface area (Å²) < 4.78 is 0. The second-order valence-corrected chi connectivity index (χ2v) is 5.24. The SMILES string of the molecule is CC(c1ccccc1)C(N)CCCc1ccccc1. The van der Waals surface area contributed by atoms with E-state index in [2.05, 4.69) is 67.6 Å². The predicted molar refractivity (Wildman–Crippen MR) is 82.2 cm³/mol. The number of aryl methyl sites for hydroxylation is 1. The van der Waals surface area contributed by atoms with Gasteiger partial charge in [0.15, 0.2) is 0 Å². The molecule has 100 valence electrons. The minimum atomic E-state index is 0.242. The molecule has 19 heavy (non-hydrogen) atoms. The van der Waals surface area contributed by atoms with Crippen LogP contribution in [0.1, 0.15) is 36.8 Å². The van der Waals surface area contributed by atoms with E-state index in [1.807, 2.05) is 0 Å². The number of hydrogen-bond acceptors (Lipinski definition) is 1. The molecular weight excluding hydrogens is 230 g/mol. The van der Waals surface area contributed by atoms with Crippen molar-refractivity contribution in [3.63, 3.8) is 0 Å². The van der Waals surface area contributed by atoms with Crippen molar-refractivity contribution in [3.8, 4) is 0 Å². The summed E-state index contributed by atoms with van der Waals surface area (Å²) in [5.74, 6) is 0.428. The zero-order valence-corrected chi connectivity index (χ0v) is 11.6. The lowest BCUT2D eigenvalue weighted by molar-refractivity contribution is 0.510. The maximum absolute atomic E-state index is 6.31. The number of benzene rings is 2. The van der Waals surface area contributed by atoms with Gasteiger partial charge in [0.2, 0.25) is 0 Å². The summed E-state index contributed by atoms with van der Waals surface area (Å²) in [5.41, 5.74) is 9.06. The lowest BCUT2D eigenvalue weighted by Crippen LogP contribution is -2.26. The summed E-state index contributed by atoms with van der Waals surface area (Å²) in [5, 5.41) is 0. The van der Waals surface area contributed by atoms with Crippen LogP contribution in [0, 0.1) is 0 Å². The van der Waals surface area contributed by atoms with Gasteiger partial charge in [-0.3, -0.25) is 0 Å². The Kier molecular flexibility index (Phi) is 5.17. The molecule has 0 spiro atoms. The minimum absolute atomic E-state index is 0.242. The van der Waals surface area contributed by atoms with Gasteiger partial charge in [-0.2, -0.15) is 0 Å². The van der Waals surface area contributed by atoms with E-state index >= 15 is 0 Å². The fourth-order valence-corrected chi connectivity index (χ4v) is 2.44. The van der Waals surface area contributed by atoms with Gasteiger partial charge in [-0.25, -0.2) is 0 Å². The molecule has 0 aromatic heterocycles. The van der Waals surface area contributed by atoms with Crippen molar-refractivity contribution in [1.29, 1.82) is 0 Å². The van der Waals surface area contributed by atoms with Crippen LogP contribution >= 0.6 is 0 Å². The summed E-state index contributed by atoms with van der Waals surface area (Å²) in [4.78, 5) is 0. The smallest absolute Gasteiger partial charge is 0.0105 e. The van der Waals surface area contributed by atoms with Crippen molar-refractivity contribution in [2.75, 3.05) is 0 Å². The molecule has 0 fully saturated rings. The molecule has 0 saturated heterocycles. The third-order valence-corrected chi connectivity index (χ3v) is 3.81. The molecule has 2 rings (SSSR count). The molecule has 0 saturated carbocycles. The van der Waals surface area contributed by atoms with Crippen LogP contribution in [-0.4, -0.2) is 6.04 Å². The Morgan fingerprint density at radius 1 is 0.895 bits per heavy atom. The van der Waals surface area contributed by atoms with Crippen molar-refractivity contribution in [1.82, 2.24) is 0 Å². The maximum atomic E-state index is 6.31. The maximum Gasteiger partial charge on any atom is 0.0105 e. The van der Waals surface area contributed by atoms with Crippen molar-refractivity contribution < 1.29 is 0 Å². The fourth-order valence-electron chi connectivity index (χ4n) is 2.44. The molecule has 1 nitrogen and oxygen atoms in total. The average molecular weight is 253 g/mol. The first-order valence-electron chi connectivity index (χ1n) is 7.12. The molecule has 0 aliphatic heterocycles. The van der Waals surface area contributed by atoms with Crippen LogP contribution in [0.4, 0.5) is 0 Å². The molecule has 0 bridgehead atoms.